The van der Waals surface area contributed by atoms with Crippen molar-refractivity contribution in [2.24, 2.45) is 5.10 Å². The smallest absolute Gasteiger partial charge is 0.271 e. The van der Waals surface area contributed by atoms with Gasteiger partial charge in [0.1, 0.15) is 0 Å². The Morgan fingerprint density at radius 2 is 1.71 bits per heavy atom. The van der Waals surface area contributed by atoms with Gasteiger partial charge in [-0.15, -0.1) is 0 Å². The molecule has 28 heavy (non-hydrogen) atoms. The summed E-state index contributed by atoms with van der Waals surface area (Å²) in [5.41, 5.74) is 5.34. The highest BCUT2D eigenvalue weighted by atomic mass is 32.2. The van der Waals surface area contributed by atoms with Gasteiger partial charge in [0.25, 0.3) is 5.91 Å². The van der Waals surface area contributed by atoms with E-state index in [9.17, 15) is 13.2 Å². The number of aryl methyl sites for hydroxylation is 1. The van der Waals surface area contributed by atoms with Crippen LogP contribution in [0.3, 0.4) is 0 Å². The lowest BCUT2D eigenvalue weighted by Gasteiger charge is -2.24. The van der Waals surface area contributed by atoms with Crippen LogP contribution in [0.15, 0.2) is 58.5 Å². The number of benzene rings is 2. The zero-order chi connectivity index (χ0) is 20.1. The topological polar surface area (TPSA) is 95.4 Å². The molecule has 2 aromatic carbocycles. The van der Waals surface area contributed by atoms with Gasteiger partial charge in [-0.3, -0.25) is 4.79 Å². The van der Waals surface area contributed by atoms with Crippen molar-refractivity contribution in [3.63, 3.8) is 0 Å². The van der Waals surface area contributed by atoms with E-state index in [1.165, 1.54) is 4.31 Å². The number of nitrogens with zero attached hydrogens (tertiary/aromatic N) is 2. The zero-order valence-corrected chi connectivity index (χ0v) is 16.9. The van der Waals surface area contributed by atoms with Gasteiger partial charge in [0.2, 0.25) is 10.0 Å². The first-order chi connectivity index (χ1) is 13.4. The quantitative estimate of drug-likeness (QED) is 0.571. The molecular formula is C20H25N4O3S+. The third-order valence-electron chi connectivity index (χ3n) is 4.79. The van der Waals surface area contributed by atoms with Crippen molar-refractivity contribution in [3.05, 3.63) is 65.2 Å². The van der Waals surface area contributed by atoms with E-state index in [0.29, 0.717) is 24.4 Å². The second-order valence-electron chi connectivity index (χ2n) is 6.75. The van der Waals surface area contributed by atoms with Gasteiger partial charge >= 0.3 is 0 Å². The van der Waals surface area contributed by atoms with Crippen molar-refractivity contribution in [3.8, 4) is 0 Å². The van der Waals surface area contributed by atoms with Crippen LogP contribution < -0.4 is 10.7 Å². The van der Waals surface area contributed by atoms with Gasteiger partial charge in [-0.2, -0.15) is 9.41 Å². The van der Waals surface area contributed by atoms with Crippen LogP contribution in [0.2, 0.25) is 0 Å². The minimum atomic E-state index is -3.47. The number of rotatable bonds is 5. The lowest BCUT2D eigenvalue weighted by Crippen LogP contribution is -2.89. The summed E-state index contributed by atoms with van der Waals surface area (Å²) < 4.78 is 26.9. The minimum Gasteiger partial charge on any atom is -0.344 e. The third kappa shape index (κ3) is 4.46. The summed E-state index contributed by atoms with van der Waals surface area (Å²) >= 11 is 0. The Kier molecular flexibility index (Phi) is 6.23. The van der Waals surface area contributed by atoms with E-state index in [4.69, 9.17) is 0 Å². The first-order valence-corrected chi connectivity index (χ1v) is 10.7. The fourth-order valence-corrected chi connectivity index (χ4v) is 4.54. The van der Waals surface area contributed by atoms with Gasteiger partial charge in [0.05, 0.1) is 36.8 Å². The Labute approximate surface area is 165 Å². The van der Waals surface area contributed by atoms with Crippen molar-refractivity contribution in [2.75, 3.05) is 26.2 Å². The first kappa shape index (κ1) is 20.2. The standard InChI is InChI=1S/C20H24N4O3S/c1-15-5-3-4-6-19(15)20(25)23-22-16(2)17-7-9-18(10-8-17)28(26,27)24-13-11-21-12-14-24/h3-10,21H,11-14H2,1-2H3,(H,23,25)/p+1/b22-16-. The Hall–Kier alpha value is -2.55. The number of nitrogens with one attached hydrogen (secondary N) is 1. The Balaban J connectivity index is 1.71. The normalized spacial score (nSPS) is 16.0. The Morgan fingerprint density at radius 3 is 2.36 bits per heavy atom. The van der Waals surface area contributed by atoms with Gasteiger partial charge in [-0.05, 0) is 43.2 Å². The maximum absolute atomic E-state index is 12.7. The SMILES string of the molecule is C/C(=N/NC(=O)c1ccccc1C)c1ccc(S(=O)(=O)N2CC[NH2+]CC2)cc1. The van der Waals surface area contributed by atoms with E-state index in [0.717, 1.165) is 24.2 Å². The molecule has 0 aliphatic carbocycles. The molecule has 1 aliphatic rings. The molecule has 0 aromatic heterocycles. The first-order valence-electron chi connectivity index (χ1n) is 9.22. The van der Waals surface area contributed by atoms with Crippen LogP contribution in [0.1, 0.15) is 28.4 Å². The summed E-state index contributed by atoms with van der Waals surface area (Å²) in [5.74, 6) is -0.279. The molecule has 7 nitrogen and oxygen atoms in total. The van der Waals surface area contributed by atoms with E-state index in [1.54, 1.807) is 43.3 Å². The molecule has 148 valence electrons. The summed E-state index contributed by atoms with van der Waals surface area (Å²) in [6.07, 6.45) is 0. The fraction of sp³-hybridized carbons (Fsp3) is 0.300. The van der Waals surface area contributed by atoms with E-state index in [-0.39, 0.29) is 10.8 Å². The lowest BCUT2D eigenvalue weighted by atomic mass is 10.1. The molecule has 1 amide bonds. The maximum atomic E-state index is 12.7. The van der Waals surface area contributed by atoms with Crippen molar-refractivity contribution in [1.29, 1.82) is 0 Å². The third-order valence-corrected chi connectivity index (χ3v) is 6.70. The molecule has 1 aliphatic heterocycles. The van der Waals surface area contributed by atoms with Crippen LogP contribution in [0.5, 0.6) is 0 Å². The van der Waals surface area contributed by atoms with Gasteiger partial charge in [-0.1, -0.05) is 30.3 Å². The van der Waals surface area contributed by atoms with E-state index in [1.807, 2.05) is 19.1 Å². The van der Waals surface area contributed by atoms with E-state index in [2.05, 4.69) is 15.8 Å². The predicted octanol–water partition coefficient (Wildman–Crippen LogP) is 0.717. The molecule has 0 unspecified atom stereocenters. The summed E-state index contributed by atoms with van der Waals surface area (Å²) in [5, 5.41) is 6.26. The molecular weight excluding hydrogens is 376 g/mol. The number of sulfonamides is 1. The lowest BCUT2D eigenvalue weighted by molar-refractivity contribution is -0.661. The highest BCUT2D eigenvalue weighted by molar-refractivity contribution is 7.89. The molecule has 3 N–H and O–H groups in total. The van der Waals surface area contributed by atoms with Crippen LogP contribution in [0, 0.1) is 6.92 Å². The average Bonchev–Trinajstić information content (AvgIpc) is 2.73. The molecule has 0 atom stereocenters. The molecule has 0 spiro atoms. The molecule has 0 bridgehead atoms. The van der Waals surface area contributed by atoms with Crippen molar-refractivity contribution < 1.29 is 18.5 Å². The zero-order valence-electron chi connectivity index (χ0n) is 16.1. The van der Waals surface area contributed by atoms with E-state index >= 15 is 0 Å². The number of quaternary nitrogens is 1. The molecule has 0 radical (unpaired) electrons. The Morgan fingerprint density at radius 1 is 1.07 bits per heavy atom. The number of amides is 1. The van der Waals surface area contributed by atoms with Crippen LogP contribution in [-0.2, 0) is 10.0 Å². The molecule has 8 heteroatoms. The second kappa shape index (κ2) is 8.64. The van der Waals surface area contributed by atoms with Crippen molar-refractivity contribution in [1.82, 2.24) is 9.73 Å². The van der Waals surface area contributed by atoms with Crippen LogP contribution in [0.25, 0.3) is 0 Å². The molecule has 2 aromatic rings. The van der Waals surface area contributed by atoms with Crippen molar-refractivity contribution >= 4 is 21.6 Å². The summed E-state index contributed by atoms with van der Waals surface area (Å²) in [6.45, 7) is 6.24. The maximum Gasteiger partial charge on any atom is 0.271 e. The monoisotopic (exact) mass is 401 g/mol. The minimum absolute atomic E-state index is 0.273. The fourth-order valence-electron chi connectivity index (χ4n) is 3.07. The Bertz CT molecular complexity index is 979. The average molecular weight is 402 g/mol. The molecule has 1 fully saturated rings. The molecule has 0 saturated carbocycles. The number of piperazine rings is 1. The molecule has 1 heterocycles. The van der Waals surface area contributed by atoms with Gasteiger partial charge in [-0.25, -0.2) is 13.8 Å². The number of carbonyl (C=O) groups excluding carboxylic acids is 1. The summed E-state index contributed by atoms with van der Waals surface area (Å²) in [4.78, 5) is 12.5. The number of nitrogens with two attached hydrogens (primary N) is 1. The van der Waals surface area contributed by atoms with Gasteiger partial charge < -0.3 is 5.32 Å². The van der Waals surface area contributed by atoms with Gasteiger partial charge in [0.15, 0.2) is 0 Å². The highest BCUT2D eigenvalue weighted by Crippen LogP contribution is 2.17. The number of hydrogen-bond donors (Lipinski definition) is 2. The number of carbonyl (C=O) groups is 1. The molecule has 1 saturated heterocycles. The van der Waals surface area contributed by atoms with Crippen LogP contribution >= 0.6 is 0 Å². The van der Waals surface area contributed by atoms with E-state index < -0.39 is 10.0 Å². The summed E-state index contributed by atoms with van der Waals surface area (Å²) in [6, 6.07) is 13.9. The second-order valence-corrected chi connectivity index (χ2v) is 8.69. The number of hydrazone groups is 1. The molecule has 3 rings (SSSR count). The van der Waals surface area contributed by atoms with Crippen molar-refractivity contribution in [2.45, 2.75) is 18.7 Å². The largest absolute Gasteiger partial charge is 0.344 e. The van der Waals surface area contributed by atoms with Gasteiger partial charge in [0, 0.05) is 5.56 Å². The predicted molar refractivity (Wildman–Crippen MR) is 108 cm³/mol. The van der Waals surface area contributed by atoms with Crippen LogP contribution in [0.4, 0.5) is 0 Å². The highest BCUT2D eigenvalue weighted by Gasteiger charge is 2.27. The summed E-state index contributed by atoms with van der Waals surface area (Å²) in [7, 11) is -3.47. The van der Waals surface area contributed by atoms with Crippen LogP contribution in [-0.4, -0.2) is 50.5 Å². The number of hydrogen-bond acceptors (Lipinski definition) is 4.